The molecule has 0 aliphatic heterocycles. The molecule has 0 atom stereocenters. The van der Waals surface area contributed by atoms with Crippen LogP contribution in [-0.2, 0) is 6.42 Å². The molecule has 0 aliphatic carbocycles. The van der Waals surface area contributed by atoms with Crippen LogP contribution in [0, 0.1) is 0 Å². The molecule has 1 aromatic heterocycles. The molecule has 0 amide bonds. The first-order valence-corrected chi connectivity index (χ1v) is 6.66. The van der Waals surface area contributed by atoms with Crippen molar-refractivity contribution >= 4 is 17.1 Å². The van der Waals surface area contributed by atoms with Crippen LogP contribution in [0.5, 0.6) is 0 Å². The smallest absolute Gasteiger partial charge is 0.186 e. The molecule has 1 rings (SSSR count). The van der Waals surface area contributed by atoms with Gasteiger partial charge in [0.1, 0.15) is 0 Å². The molecule has 1 aromatic rings. The number of ketones is 1. The number of thiophene rings is 1. The van der Waals surface area contributed by atoms with Crippen LogP contribution in [0.15, 0.2) is 12.1 Å². The average Bonchev–Trinajstić information content (AvgIpc) is 2.62. The van der Waals surface area contributed by atoms with Crippen LogP contribution in [0.4, 0.5) is 0 Å². The van der Waals surface area contributed by atoms with Crippen LogP contribution in [0.3, 0.4) is 0 Å². The van der Waals surface area contributed by atoms with Gasteiger partial charge in [0.2, 0.25) is 0 Å². The summed E-state index contributed by atoms with van der Waals surface area (Å²) in [5.41, 5.74) is -0.765. The molecule has 0 fully saturated rings. The largest absolute Gasteiger partial charge is 0.389 e. The van der Waals surface area contributed by atoms with Crippen LogP contribution in [0.25, 0.3) is 0 Å². The molecule has 3 nitrogen and oxygen atoms in total. The average molecular weight is 255 g/mol. The van der Waals surface area contributed by atoms with E-state index >= 15 is 0 Å². The van der Waals surface area contributed by atoms with Gasteiger partial charge in [-0.15, -0.1) is 11.3 Å². The van der Waals surface area contributed by atoms with Gasteiger partial charge in [-0.1, -0.05) is 6.92 Å². The number of Topliss-reactive ketones (excluding diaryl/α,β-unsaturated/α-hetero) is 1. The van der Waals surface area contributed by atoms with Crippen molar-refractivity contribution in [2.75, 3.05) is 20.1 Å². The van der Waals surface area contributed by atoms with E-state index in [1.807, 2.05) is 24.1 Å². The zero-order chi connectivity index (χ0) is 13.1. The van der Waals surface area contributed by atoms with Crippen LogP contribution < -0.4 is 0 Å². The van der Waals surface area contributed by atoms with Crippen LogP contribution >= 0.6 is 11.3 Å². The highest BCUT2D eigenvalue weighted by molar-refractivity contribution is 7.14. The van der Waals surface area contributed by atoms with Gasteiger partial charge in [0.15, 0.2) is 5.78 Å². The molecule has 0 saturated heterocycles. The quantitative estimate of drug-likeness (QED) is 0.792. The molecule has 0 spiro atoms. The van der Waals surface area contributed by atoms with E-state index in [9.17, 15) is 9.90 Å². The number of aliphatic hydroxyl groups is 1. The summed E-state index contributed by atoms with van der Waals surface area (Å²) in [6.45, 7) is 6.42. The van der Waals surface area contributed by atoms with Crippen molar-refractivity contribution in [2.45, 2.75) is 32.8 Å². The maximum Gasteiger partial charge on any atom is 0.186 e. The number of hydrogen-bond donors (Lipinski definition) is 1. The molecule has 0 saturated carbocycles. The van der Waals surface area contributed by atoms with Gasteiger partial charge < -0.3 is 5.11 Å². The topological polar surface area (TPSA) is 40.5 Å². The fraction of sp³-hybridized carbons (Fsp3) is 0.615. The summed E-state index contributed by atoms with van der Waals surface area (Å²) in [6, 6.07) is 3.90. The zero-order valence-electron chi connectivity index (χ0n) is 11.0. The maximum absolute atomic E-state index is 12.0. The van der Waals surface area contributed by atoms with Gasteiger partial charge >= 0.3 is 0 Å². The Labute approximate surface area is 107 Å². The summed E-state index contributed by atoms with van der Waals surface area (Å²) in [6.07, 6.45) is 0.970. The number of carbonyl (C=O) groups excluding carboxylic acids is 1. The molecule has 0 unspecified atom stereocenters. The minimum absolute atomic E-state index is 0.126. The third kappa shape index (κ3) is 4.98. The lowest BCUT2D eigenvalue weighted by atomic mass is 10.1. The normalized spacial score (nSPS) is 12.1. The van der Waals surface area contributed by atoms with E-state index in [0.29, 0.717) is 13.1 Å². The van der Waals surface area contributed by atoms with E-state index in [2.05, 4.69) is 6.92 Å². The Morgan fingerprint density at radius 2 is 2.12 bits per heavy atom. The SMILES string of the molecule is CCc1ccc(C(=O)CN(C)CC(C)(C)O)s1. The predicted octanol–water partition coefficient (Wildman–Crippen LogP) is 2.20. The summed E-state index contributed by atoms with van der Waals surface area (Å²) in [7, 11) is 1.85. The Hall–Kier alpha value is -0.710. The van der Waals surface area contributed by atoms with Gasteiger partial charge in [-0.3, -0.25) is 9.69 Å². The van der Waals surface area contributed by atoms with Crippen molar-refractivity contribution < 1.29 is 9.90 Å². The number of likely N-dealkylation sites (N-methyl/N-ethyl adjacent to an activating group) is 1. The Bertz CT molecular complexity index is 379. The summed E-state index contributed by atoms with van der Waals surface area (Å²) < 4.78 is 0. The third-order valence-corrected chi connectivity index (χ3v) is 3.63. The van der Waals surface area contributed by atoms with E-state index < -0.39 is 5.60 Å². The van der Waals surface area contributed by atoms with E-state index in [1.165, 1.54) is 4.88 Å². The van der Waals surface area contributed by atoms with Crippen molar-refractivity contribution in [1.29, 1.82) is 0 Å². The van der Waals surface area contributed by atoms with Crippen molar-refractivity contribution in [3.63, 3.8) is 0 Å². The first kappa shape index (κ1) is 14.4. The molecular formula is C13H21NO2S. The number of nitrogens with zero attached hydrogens (tertiary/aromatic N) is 1. The van der Waals surface area contributed by atoms with Crippen LogP contribution in [0.1, 0.15) is 35.3 Å². The van der Waals surface area contributed by atoms with Crippen molar-refractivity contribution in [3.05, 3.63) is 21.9 Å². The molecule has 0 radical (unpaired) electrons. The lowest BCUT2D eigenvalue weighted by Crippen LogP contribution is -2.38. The highest BCUT2D eigenvalue weighted by Gasteiger charge is 2.18. The molecule has 0 bridgehead atoms. The van der Waals surface area contributed by atoms with Gasteiger partial charge in [0.05, 0.1) is 17.0 Å². The number of hydrogen-bond acceptors (Lipinski definition) is 4. The predicted molar refractivity (Wildman–Crippen MR) is 71.8 cm³/mol. The van der Waals surface area contributed by atoms with Crippen LogP contribution in [-0.4, -0.2) is 41.5 Å². The molecule has 1 heterocycles. The number of aryl methyl sites for hydroxylation is 1. The first-order valence-electron chi connectivity index (χ1n) is 5.84. The molecule has 17 heavy (non-hydrogen) atoms. The Morgan fingerprint density at radius 1 is 1.47 bits per heavy atom. The summed E-state index contributed by atoms with van der Waals surface area (Å²) in [5.74, 6) is 0.126. The van der Waals surface area contributed by atoms with E-state index in [0.717, 1.165) is 11.3 Å². The number of carbonyl (C=O) groups is 1. The van der Waals surface area contributed by atoms with E-state index in [1.54, 1.807) is 25.2 Å². The summed E-state index contributed by atoms with van der Waals surface area (Å²) in [5, 5.41) is 9.66. The van der Waals surface area contributed by atoms with Gasteiger partial charge in [-0.2, -0.15) is 0 Å². The van der Waals surface area contributed by atoms with Gasteiger partial charge in [0, 0.05) is 11.4 Å². The molecular weight excluding hydrogens is 234 g/mol. The molecule has 0 aromatic carbocycles. The molecule has 1 N–H and O–H groups in total. The lowest BCUT2D eigenvalue weighted by molar-refractivity contribution is 0.0440. The molecule has 0 aliphatic rings. The zero-order valence-corrected chi connectivity index (χ0v) is 11.8. The second kappa shape index (κ2) is 5.76. The van der Waals surface area contributed by atoms with Crippen molar-refractivity contribution in [1.82, 2.24) is 4.90 Å². The maximum atomic E-state index is 12.0. The first-order chi connectivity index (χ1) is 7.81. The van der Waals surface area contributed by atoms with Crippen molar-refractivity contribution in [3.8, 4) is 0 Å². The fourth-order valence-corrected chi connectivity index (χ4v) is 2.63. The van der Waals surface area contributed by atoms with Gasteiger partial charge in [-0.05, 0) is 39.4 Å². The highest BCUT2D eigenvalue weighted by Crippen LogP contribution is 2.17. The second-order valence-electron chi connectivity index (χ2n) is 5.03. The Balaban J connectivity index is 2.54. The molecule has 4 heteroatoms. The monoisotopic (exact) mass is 255 g/mol. The third-order valence-electron chi connectivity index (χ3n) is 2.36. The minimum Gasteiger partial charge on any atom is -0.389 e. The summed E-state index contributed by atoms with van der Waals surface area (Å²) >= 11 is 1.56. The Kier molecular flexibility index (Phi) is 4.86. The lowest BCUT2D eigenvalue weighted by Gasteiger charge is -2.24. The van der Waals surface area contributed by atoms with Gasteiger partial charge in [-0.25, -0.2) is 0 Å². The van der Waals surface area contributed by atoms with Crippen LogP contribution in [0.2, 0.25) is 0 Å². The number of rotatable bonds is 6. The molecule has 96 valence electrons. The standard InChI is InChI=1S/C13H21NO2S/c1-5-10-6-7-12(17-10)11(15)8-14(4)9-13(2,3)16/h6-7,16H,5,8-9H2,1-4H3. The summed E-state index contributed by atoms with van der Waals surface area (Å²) in [4.78, 5) is 15.9. The fourth-order valence-electron chi connectivity index (χ4n) is 1.76. The minimum atomic E-state index is -0.765. The van der Waals surface area contributed by atoms with Crippen molar-refractivity contribution in [2.24, 2.45) is 0 Å². The second-order valence-corrected chi connectivity index (χ2v) is 6.20. The van der Waals surface area contributed by atoms with E-state index in [4.69, 9.17) is 0 Å². The van der Waals surface area contributed by atoms with E-state index in [-0.39, 0.29) is 5.78 Å². The Morgan fingerprint density at radius 3 is 2.59 bits per heavy atom. The highest BCUT2D eigenvalue weighted by atomic mass is 32.1. The van der Waals surface area contributed by atoms with Gasteiger partial charge in [0.25, 0.3) is 0 Å².